The quantitative estimate of drug-likeness (QED) is 0.776. The topological polar surface area (TPSA) is 30.7 Å². The van der Waals surface area contributed by atoms with Gasteiger partial charge in [-0.1, -0.05) is 6.92 Å². The summed E-state index contributed by atoms with van der Waals surface area (Å²) in [6.07, 6.45) is 5.42. The van der Waals surface area contributed by atoms with E-state index in [-0.39, 0.29) is 0 Å². The van der Waals surface area contributed by atoms with Gasteiger partial charge >= 0.3 is 0 Å². The van der Waals surface area contributed by atoms with E-state index in [1.54, 1.807) is 0 Å². The lowest BCUT2D eigenvalue weighted by atomic mass is 10.1. The minimum Gasteiger partial charge on any atom is -0.312 e. The number of pyridine rings is 1. The molecule has 1 atom stereocenters. The van der Waals surface area contributed by atoms with E-state index in [0.717, 1.165) is 35.9 Å². The highest BCUT2D eigenvalue weighted by molar-refractivity contribution is 6.17. The number of imidazole rings is 1. The Labute approximate surface area is 112 Å². The number of hydrogen-bond acceptors (Lipinski definition) is 2. The van der Waals surface area contributed by atoms with E-state index in [1.807, 2.05) is 18.3 Å². The molecule has 0 bridgehead atoms. The highest BCUT2D eigenvalue weighted by atomic mass is 35.5. The number of nitrogens with zero attached hydrogens (tertiary/aromatic N) is 3. The molecule has 1 aliphatic rings. The van der Waals surface area contributed by atoms with Crippen LogP contribution in [0.15, 0.2) is 18.3 Å². The van der Waals surface area contributed by atoms with Gasteiger partial charge in [-0.3, -0.25) is 0 Å². The Bertz CT molecular complexity index is 545. The van der Waals surface area contributed by atoms with E-state index in [0.29, 0.717) is 11.8 Å². The number of rotatable bonds is 5. The summed E-state index contributed by atoms with van der Waals surface area (Å²) in [6.45, 7) is 3.35. The summed E-state index contributed by atoms with van der Waals surface area (Å²) in [5.74, 6) is 3.29. The SMILES string of the molecule is CC(Cn1c(CCCl)nc2cccnc21)C1CC1. The molecule has 2 aromatic heterocycles. The van der Waals surface area contributed by atoms with Crippen molar-refractivity contribution in [2.75, 3.05) is 5.88 Å². The van der Waals surface area contributed by atoms with Crippen LogP contribution in [0.25, 0.3) is 11.2 Å². The normalized spacial score (nSPS) is 17.2. The molecule has 1 unspecified atom stereocenters. The zero-order chi connectivity index (χ0) is 12.5. The molecule has 1 aliphatic carbocycles. The monoisotopic (exact) mass is 263 g/mol. The van der Waals surface area contributed by atoms with Gasteiger partial charge in [0.15, 0.2) is 5.65 Å². The summed E-state index contributed by atoms with van der Waals surface area (Å²) < 4.78 is 2.26. The zero-order valence-electron chi connectivity index (χ0n) is 10.6. The molecule has 0 saturated heterocycles. The zero-order valence-corrected chi connectivity index (χ0v) is 11.4. The molecule has 4 heteroatoms. The van der Waals surface area contributed by atoms with Gasteiger partial charge in [-0.25, -0.2) is 9.97 Å². The Balaban J connectivity index is 1.97. The molecule has 2 aromatic rings. The van der Waals surface area contributed by atoms with E-state index in [4.69, 9.17) is 11.6 Å². The maximum absolute atomic E-state index is 5.87. The maximum Gasteiger partial charge on any atom is 0.159 e. The van der Waals surface area contributed by atoms with Crippen molar-refractivity contribution in [3.63, 3.8) is 0 Å². The van der Waals surface area contributed by atoms with Crippen molar-refractivity contribution in [1.29, 1.82) is 0 Å². The fraction of sp³-hybridized carbons (Fsp3) is 0.571. The van der Waals surface area contributed by atoms with Gasteiger partial charge in [0.1, 0.15) is 11.3 Å². The lowest BCUT2D eigenvalue weighted by Gasteiger charge is -2.13. The number of fused-ring (bicyclic) bond motifs is 1. The molecular formula is C14H18ClN3. The summed E-state index contributed by atoms with van der Waals surface area (Å²) in [5, 5.41) is 0. The first-order valence-electron chi connectivity index (χ1n) is 6.65. The lowest BCUT2D eigenvalue weighted by Crippen LogP contribution is -2.13. The van der Waals surface area contributed by atoms with Crippen molar-refractivity contribution in [2.45, 2.75) is 32.7 Å². The fourth-order valence-corrected chi connectivity index (χ4v) is 2.74. The summed E-state index contributed by atoms with van der Waals surface area (Å²) in [5.41, 5.74) is 1.99. The van der Waals surface area contributed by atoms with Gasteiger partial charge < -0.3 is 4.57 Å². The second kappa shape index (κ2) is 4.88. The minimum atomic E-state index is 0.612. The maximum atomic E-state index is 5.87. The second-order valence-electron chi connectivity index (χ2n) is 5.24. The van der Waals surface area contributed by atoms with E-state index in [2.05, 4.69) is 21.5 Å². The molecule has 1 saturated carbocycles. The van der Waals surface area contributed by atoms with Crippen LogP contribution >= 0.6 is 11.6 Å². The summed E-state index contributed by atoms with van der Waals surface area (Å²) in [6, 6.07) is 3.97. The van der Waals surface area contributed by atoms with Crippen LogP contribution in [-0.2, 0) is 13.0 Å². The van der Waals surface area contributed by atoms with Crippen LogP contribution in [0.1, 0.15) is 25.6 Å². The third-order valence-corrected chi connectivity index (χ3v) is 3.99. The Morgan fingerprint density at radius 2 is 2.33 bits per heavy atom. The Kier molecular flexibility index (Phi) is 3.25. The highest BCUT2D eigenvalue weighted by Gasteiger charge is 2.29. The third kappa shape index (κ3) is 2.24. The van der Waals surface area contributed by atoms with Gasteiger partial charge in [-0.15, -0.1) is 11.6 Å². The predicted molar refractivity (Wildman–Crippen MR) is 73.8 cm³/mol. The van der Waals surface area contributed by atoms with Gasteiger partial charge in [0.2, 0.25) is 0 Å². The lowest BCUT2D eigenvalue weighted by molar-refractivity contribution is 0.428. The number of aryl methyl sites for hydroxylation is 1. The molecule has 0 amide bonds. The average Bonchev–Trinajstić information content (AvgIpc) is 3.16. The first kappa shape index (κ1) is 12.0. The van der Waals surface area contributed by atoms with Crippen LogP contribution < -0.4 is 0 Å². The van der Waals surface area contributed by atoms with Crippen molar-refractivity contribution < 1.29 is 0 Å². The van der Waals surface area contributed by atoms with Crippen LogP contribution in [0.4, 0.5) is 0 Å². The van der Waals surface area contributed by atoms with E-state index in [1.165, 1.54) is 12.8 Å². The van der Waals surface area contributed by atoms with E-state index in [9.17, 15) is 0 Å². The molecule has 0 radical (unpaired) electrons. The van der Waals surface area contributed by atoms with Crippen LogP contribution in [0.5, 0.6) is 0 Å². The van der Waals surface area contributed by atoms with Crippen molar-refractivity contribution in [3.8, 4) is 0 Å². The van der Waals surface area contributed by atoms with Gasteiger partial charge in [0.05, 0.1) is 0 Å². The van der Waals surface area contributed by atoms with E-state index < -0.39 is 0 Å². The number of alkyl halides is 1. The summed E-state index contributed by atoms with van der Waals surface area (Å²) in [7, 11) is 0. The third-order valence-electron chi connectivity index (χ3n) is 3.80. The van der Waals surface area contributed by atoms with Crippen molar-refractivity contribution in [1.82, 2.24) is 14.5 Å². The Morgan fingerprint density at radius 3 is 3.06 bits per heavy atom. The molecule has 3 nitrogen and oxygen atoms in total. The number of halogens is 1. The van der Waals surface area contributed by atoms with Gasteiger partial charge in [-0.2, -0.15) is 0 Å². The standard InChI is InChI=1S/C14H18ClN3/c1-10(11-4-5-11)9-18-13(6-7-15)17-12-3-2-8-16-14(12)18/h2-3,8,10-11H,4-7,9H2,1H3. The van der Waals surface area contributed by atoms with Gasteiger partial charge in [0.25, 0.3) is 0 Å². The molecule has 0 spiro atoms. The fourth-order valence-electron chi connectivity index (χ4n) is 2.57. The number of aromatic nitrogens is 3. The van der Waals surface area contributed by atoms with Crippen molar-refractivity contribution in [2.24, 2.45) is 11.8 Å². The van der Waals surface area contributed by atoms with Crippen LogP contribution in [0.3, 0.4) is 0 Å². The highest BCUT2D eigenvalue weighted by Crippen LogP contribution is 2.37. The Hall–Kier alpha value is -1.09. The first-order valence-corrected chi connectivity index (χ1v) is 7.19. The minimum absolute atomic E-state index is 0.612. The molecule has 2 heterocycles. The summed E-state index contributed by atoms with van der Waals surface area (Å²) >= 11 is 5.87. The largest absolute Gasteiger partial charge is 0.312 e. The van der Waals surface area contributed by atoms with Crippen molar-refractivity contribution in [3.05, 3.63) is 24.2 Å². The molecular weight excluding hydrogens is 246 g/mol. The van der Waals surface area contributed by atoms with E-state index >= 15 is 0 Å². The molecule has 0 aliphatic heterocycles. The molecule has 96 valence electrons. The first-order chi connectivity index (χ1) is 8.79. The molecule has 0 N–H and O–H groups in total. The molecule has 1 fully saturated rings. The molecule has 0 aromatic carbocycles. The van der Waals surface area contributed by atoms with Crippen LogP contribution in [0.2, 0.25) is 0 Å². The smallest absolute Gasteiger partial charge is 0.159 e. The average molecular weight is 264 g/mol. The van der Waals surface area contributed by atoms with Gasteiger partial charge in [0, 0.05) is 25.0 Å². The summed E-state index contributed by atoms with van der Waals surface area (Å²) in [4.78, 5) is 9.13. The van der Waals surface area contributed by atoms with Crippen molar-refractivity contribution >= 4 is 22.8 Å². The molecule has 3 rings (SSSR count). The Morgan fingerprint density at radius 1 is 1.50 bits per heavy atom. The van der Waals surface area contributed by atoms with Gasteiger partial charge in [-0.05, 0) is 36.8 Å². The molecule has 18 heavy (non-hydrogen) atoms. The predicted octanol–water partition coefficient (Wildman–Crippen LogP) is 3.26. The van der Waals surface area contributed by atoms with Crippen LogP contribution in [0, 0.1) is 11.8 Å². The second-order valence-corrected chi connectivity index (χ2v) is 5.62. The number of hydrogen-bond donors (Lipinski definition) is 0. The van der Waals surface area contributed by atoms with Crippen LogP contribution in [-0.4, -0.2) is 20.4 Å².